The number of esters is 1. The summed E-state index contributed by atoms with van der Waals surface area (Å²) in [5.74, 6) is -0.210. The van der Waals surface area contributed by atoms with Crippen molar-refractivity contribution in [2.45, 2.75) is 13.3 Å². The number of aromatic nitrogens is 1. The third-order valence-electron chi connectivity index (χ3n) is 2.49. The number of ether oxygens (including phenoxy) is 1. The zero-order chi connectivity index (χ0) is 13.0. The molecule has 96 valence electrons. The quantitative estimate of drug-likeness (QED) is 0.640. The first-order chi connectivity index (χ1) is 8.72. The van der Waals surface area contributed by atoms with Crippen LogP contribution in [-0.2, 0) is 9.53 Å². The second-order valence-electron chi connectivity index (χ2n) is 3.71. The van der Waals surface area contributed by atoms with Crippen molar-refractivity contribution in [2.24, 2.45) is 0 Å². The van der Waals surface area contributed by atoms with E-state index in [9.17, 15) is 4.79 Å². The molecule has 0 amide bonds. The highest BCUT2D eigenvalue weighted by atomic mass is 32.1. The van der Waals surface area contributed by atoms with Crippen LogP contribution in [0.15, 0.2) is 17.6 Å². The van der Waals surface area contributed by atoms with Crippen LogP contribution in [0.4, 0.5) is 11.4 Å². The number of hydrogen-bond donors (Lipinski definition) is 2. The van der Waals surface area contributed by atoms with Crippen LogP contribution in [0.25, 0.3) is 10.2 Å². The van der Waals surface area contributed by atoms with Gasteiger partial charge in [0.05, 0.1) is 34.6 Å². The molecule has 0 aliphatic carbocycles. The fourth-order valence-corrected chi connectivity index (χ4v) is 2.33. The number of carbonyl (C=O) groups is 1. The fourth-order valence-electron chi connectivity index (χ4n) is 1.64. The number of fused-ring (bicyclic) bond motifs is 1. The molecular weight excluding hydrogens is 250 g/mol. The Morgan fingerprint density at radius 1 is 1.56 bits per heavy atom. The third-order valence-corrected chi connectivity index (χ3v) is 3.29. The van der Waals surface area contributed by atoms with Gasteiger partial charge in [0.25, 0.3) is 0 Å². The van der Waals surface area contributed by atoms with E-state index >= 15 is 0 Å². The molecule has 0 atom stereocenters. The molecule has 3 N–H and O–H groups in total. The molecule has 18 heavy (non-hydrogen) atoms. The van der Waals surface area contributed by atoms with Gasteiger partial charge in [-0.3, -0.25) is 4.79 Å². The van der Waals surface area contributed by atoms with Gasteiger partial charge in [-0.05, 0) is 19.1 Å². The van der Waals surface area contributed by atoms with Gasteiger partial charge < -0.3 is 15.8 Å². The van der Waals surface area contributed by atoms with E-state index in [4.69, 9.17) is 10.5 Å². The van der Waals surface area contributed by atoms with Crippen molar-refractivity contribution >= 4 is 38.9 Å². The molecule has 2 rings (SSSR count). The van der Waals surface area contributed by atoms with Gasteiger partial charge in [0.15, 0.2) is 0 Å². The first-order valence-corrected chi connectivity index (χ1v) is 6.61. The third kappa shape index (κ3) is 2.70. The van der Waals surface area contributed by atoms with Gasteiger partial charge in [-0.1, -0.05) is 0 Å². The Balaban J connectivity index is 1.99. The molecule has 0 spiro atoms. The van der Waals surface area contributed by atoms with E-state index in [0.717, 1.165) is 15.9 Å². The van der Waals surface area contributed by atoms with Gasteiger partial charge in [-0.15, -0.1) is 11.3 Å². The van der Waals surface area contributed by atoms with Crippen LogP contribution in [0, 0.1) is 0 Å². The largest absolute Gasteiger partial charge is 0.466 e. The Morgan fingerprint density at radius 3 is 3.17 bits per heavy atom. The van der Waals surface area contributed by atoms with E-state index in [1.54, 1.807) is 23.8 Å². The maximum atomic E-state index is 11.2. The van der Waals surface area contributed by atoms with Crippen molar-refractivity contribution in [3.8, 4) is 0 Å². The summed E-state index contributed by atoms with van der Waals surface area (Å²) in [6.45, 7) is 2.70. The number of benzene rings is 1. The zero-order valence-corrected chi connectivity index (χ0v) is 10.9. The smallest absolute Gasteiger partial charge is 0.307 e. The SMILES string of the molecule is CCOC(=O)CCNc1ccc2scnc2c1N. The lowest BCUT2D eigenvalue weighted by atomic mass is 10.2. The van der Waals surface area contributed by atoms with Gasteiger partial charge in [0.2, 0.25) is 0 Å². The summed E-state index contributed by atoms with van der Waals surface area (Å²) >= 11 is 1.55. The van der Waals surface area contributed by atoms with Crippen LogP contribution in [0.1, 0.15) is 13.3 Å². The molecule has 0 bridgehead atoms. The lowest BCUT2D eigenvalue weighted by molar-refractivity contribution is -0.142. The standard InChI is InChI=1S/C12H15N3O2S/c1-2-17-10(16)5-6-14-8-3-4-9-12(11(8)13)15-7-18-9/h3-4,7,14H,2,5-6,13H2,1H3. The molecule has 5 nitrogen and oxygen atoms in total. The average molecular weight is 265 g/mol. The molecule has 0 saturated carbocycles. The highest BCUT2D eigenvalue weighted by molar-refractivity contribution is 7.16. The van der Waals surface area contributed by atoms with Crippen LogP contribution in [0.3, 0.4) is 0 Å². The average Bonchev–Trinajstić information content (AvgIpc) is 2.81. The van der Waals surface area contributed by atoms with Crippen molar-refractivity contribution < 1.29 is 9.53 Å². The first-order valence-electron chi connectivity index (χ1n) is 5.73. The van der Waals surface area contributed by atoms with Crippen LogP contribution < -0.4 is 11.1 Å². The number of nitrogens with zero attached hydrogens (tertiary/aromatic N) is 1. The summed E-state index contributed by atoms with van der Waals surface area (Å²) in [5.41, 5.74) is 10.0. The van der Waals surface area contributed by atoms with Crippen LogP contribution >= 0.6 is 11.3 Å². The van der Waals surface area contributed by atoms with E-state index in [-0.39, 0.29) is 5.97 Å². The number of rotatable bonds is 5. The minimum absolute atomic E-state index is 0.210. The highest BCUT2D eigenvalue weighted by Crippen LogP contribution is 2.29. The Labute approximate surface area is 109 Å². The Hall–Kier alpha value is -1.82. The number of nitrogens with one attached hydrogen (secondary N) is 1. The van der Waals surface area contributed by atoms with Crippen molar-refractivity contribution in [3.63, 3.8) is 0 Å². The maximum absolute atomic E-state index is 11.2. The molecule has 1 aromatic heterocycles. The second-order valence-corrected chi connectivity index (χ2v) is 4.59. The zero-order valence-electron chi connectivity index (χ0n) is 10.1. The molecule has 0 saturated heterocycles. The van der Waals surface area contributed by atoms with E-state index < -0.39 is 0 Å². The molecule has 6 heteroatoms. The number of hydrogen-bond acceptors (Lipinski definition) is 6. The molecule has 2 aromatic rings. The predicted octanol–water partition coefficient (Wildman–Crippen LogP) is 2.24. The number of anilines is 2. The van der Waals surface area contributed by atoms with Crippen molar-refractivity contribution in [3.05, 3.63) is 17.6 Å². The maximum Gasteiger partial charge on any atom is 0.307 e. The summed E-state index contributed by atoms with van der Waals surface area (Å²) in [6, 6.07) is 3.87. The van der Waals surface area contributed by atoms with Crippen LogP contribution in [0.2, 0.25) is 0 Å². The molecule has 1 aromatic carbocycles. The van der Waals surface area contributed by atoms with E-state index in [0.29, 0.717) is 25.3 Å². The summed E-state index contributed by atoms with van der Waals surface area (Å²) in [5, 5.41) is 3.12. The molecule has 0 aliphatic rings. The van der Waals surface area contributed by atoms with E-state index in [1.165, 1.54) is 0 Å². The summed E-state index contributed by atoms with van der Waals surface area (Å²) in [7, 11) is 0. The number of nitrogens with two attached hydrogens (primary N) is 1. The lowest BCUT2D eigenvalue weighted by Gasteiger charge is -2.09. The summed E-state index contributed by atoms with van der Waals surface area (Å²) in [4.78, 5) is 15.4. The van der Waals surface area contributed by atoms with Gasteiger partial charge in [-0.2, -0.15) is 0 Å². The molecule has 0 fully saturated rings. The molecular formula is C12H15N3O2S. The highest BCUT2D eigenvalue weighted by Gasteiger charge is 2.07. The van der Waals surface area contributed by atoms with Crippen molar-refractivity contribution in [1.29, 1.82) is 0 Å². The Bertz CT molecular complexity index is 553. The Morgan fingerprint density at radius 2 is 2.39 bits per heavy atom. The summed E-state index contributed by atoms with van der Waals surface area (Å²) < 4.78 is 5.91. The fraction of sp³-hybridized carbons (Fsp3) is 0.333. The van der Waals surface area contributed by atoms with E-state index in [1.807, 2.05) is 12.1 Å². The number of thiazole rings is 1. The second kappa shape index (κ2) is 5.68. The van der Waals surface area contributed by atoms with Crippen LogP contribution in [0.5, 0.6) is 0 Å². The monoisotopic (exact) mass is 265 g/mol. The molecule has 0 aliphatic heterocycles. The minimum Gasteiger partial charge on any atom is -0.466 e. The predicted molar refractivity (Wildman–Crippen MR) is 73.8 cm³/mol. The molecule has 1 heterocycles. The number of nitrogen functional groups attached to an aromatic ring is 1. The number of carbonyl (C=O) groups excluding carboxylic acids is 1. The minimum atomic E-state index is -0.210. The van der Waals surface area contributed by atoms with Gasteiger partial charge in [0, 0.05) is 6.54 Å². The van der Waals surface area contributed by atoms with Crippen molar-refractivity contribution in [1.82, 2.24) is 4.98 Å². The molecule has 0 radical (unpaired) electrons. The normalized spacial score (nSPS) is 10.5. The Kier molecular flexibility index (Phi) is 3.99. The molecule has 0 unspecified atom stereocenters. The van der Waals surface area contributed by atoms with E-state index in [2.05, 4.69) is 10.3 Å². The summed E-state index contributed by atoms with van der Waals surface area (Å²) in [6.07, 6.45) is 0.322. The van der Waals surface area contributed by atoms with Gasteiger partial charge >= 0.3 is 5.97 Å². The van der Waals surface area contributed by atoms with Gasteiger partial charge in [0.1, 0.15) is 5.52 Å². The first kappa shape index (κ1) is 12.6. The van der Waals surface area contributed by atoms with Crippen molar-refractivity contribution in [2.75, 3.05) is 24.2 Å². The van der Waals surface area contributed by atoms with Gasteiger partial charge in [-0.25, -0.2) is 4.98 Å². The topological polar surface area (TPSA) is 77.2 Å². The van der Waals surface area contributed by atoms with Crippen LogP contribution in [-0.4, -0.2) is 24.1 Å². The lowest BCUT2D eigenvalue weighted by Crippen LogP contribution is -2.12.